The van der Waals surface area contributed by atoms with Gasteiger partial charge in [-0.05, 0) is 12.3 Å². The predicted molar refractivity (Wildman–Crippen MR) is 43.0 cm³/mol. The average molecular weight is 156 g/mol. The molecule has 6 heavy (non-hydrogen) atoms. The summed E-state index contributed by atoms with van der Waals surface area (Å²) in [6.07, 6.45) is 3.12. The Morgan fingerprint density at radius 3 is 1.50 bits per heavy atom. The fourth-order valence-electron chi connectivity index (χ4n) is 0.338. The molecule has 4 heteroatoms. The van der Waals surface area contributed by atoms with Gasteiger partial charge in [0.05, 0.1) is 0 Å². The molecule has 1 fully saturated rings. The zero-order valence-electron chi connectivity index (χ0n) is 3.41. The number of rotatable bonds is 0. The zero-order chi connectivity index (χ0) is 4.24. The monoisotopic (exact) mass is 156 g/mol. The molecule has 0 aromatic carbocycles. The molecule has 0 saturated carbocycles. The summed E-state index contributed by atoms with van der Waals surface area (Å²) in [6, 6.07) is 0. The molecule has 0 radical (unpaired) electrons. The van der Waals surface area contributed by atoms with E-state index in [0.29, 0.717) is 0 Å². The molecule has 4 unspecified atom stereocenters. The van der Waals surface area contributed by atoms with Gasteiger partial charge in [-0.1, -0.05) is 32.5 Å². The Morgan fingerprint density at radius 1 is 0.833 bits per heavy atom. The van der Waals surface area contributed by atoms with Crippen LogP contribution in [0.15, 0.2) is 0 Å². The van der Waals surface area contributed by atoms with Crippen molar-refractivity contribution in [3.05, 3.63) is 0 Å². The fourth-order valence-corrected chi connectivity index (χ4v) is 13.9. The lowest BCUT2D eigenvalue weighted by molar-refractivity contribution is 1.56. The van der Waals surface area contributed by atoms with Gasteiger partial charge in [0.2, 0.25) is 0 Å². The summed E-state index contributed by atoms with van der Waals surface area (Å²) in [5.41, 5.74) is 0. The Bertz CT molecular complexity index is 21.0. The van der Waals surface area contributed by atoms with Crippen LogP contribution >= 0.6 is 32.5 Å². The van der Waals surface area contributed by atoms with Gasteiger partial charge in [-0.2, -0.15) is 0 Å². The third-order valence-electron chi connectivity index (χ3n) is 0.614. The van der Waals surface area contributed by atoms with Crippen LogP contribution in [0, 0.1) is 0 Å². The normalized spacial score (nSPS) is 40.0. The van der Waals surface area contributed by atoms with Crippen molar-refractivity contribution in [3.63, 3.8) is 0 Å². The summed E-state index contributed by atoms with van der Waals surface area (Å²) in [7, 11) is 5.44. The third kappa shape index (κ3) is 2.14. The summed E-state index contributed by atoms with van der Waals surface area (Å²) < 4.78 is 0. The van der Waals surface area contributed by atoms with Crippen LogP contribution < -0.4 is 0 Å². The quantitative estimate of drug-likeness (QED) is 0.472. The molecule has 4 atom stereocenters. The van der Waals surface area contributed by atoms with Crippen LogP contribution in [0.5, 0.6) is 0 Å². The summed E-state index contributed by atoms with van der Waals surface area (Å²) in [4.78, 5) is 0. The van der Waals surface area contributed by atoms with Crippen molar-refractivity contribution in [1.29, 1.82) is 0 Å². The lowest BCUT2D eigenvalue weighted by atomic mass is 11.0. The first-order valence-electron chi connectivity index (χ1n) is 1.96. The predicted octanol–water partition coefficient (Wildman–Crippen LogP) is 2.46. The van der Waals surface area contributed by atoms with E-state index in [9.17, 15) is 0 Å². The van der Waals surface area contributed by atoms with E-state index >= 15 is 0 Å². The van der Waals surface area contributed by atoms with E-state index in [4.69, 9.17) is 0 Å². The second kappa shape index (κ2) is 3.69. The van der Waals surface area contributed by atoms with Crippen molar-refractivity contribution in [2.75, 3.05) is 12.3 Å². The van der Waals surface area contributed by atoms with Gasteiger partial charge in [0.1, 0.15) is 0 Å². The lowest BCUT2D eigenvalue weighted by Gasteiger charge is -2.06. The van der Waals surface area contributed by atoms with Crippen molar-refractivity contribution in [1.82, 2.24) is 0 Å². The molecule has 0 nitrogen and oxygen atoms in total. The van der Waals surface area contributed by atoms with Crippen LogP contribution in [0.4, 0.5) is 0 Å². The Kier molecular flexibility index (Phi) is 3.60. The Labute approximate surface area is 45.4 Å². The molecule has 1 saturated heterocycles. The van der Waals surface area contributed by atoms with Gasteiger partial charge < -0.3 is 0 Å². The Hall–Kier alpha value is 1.72. The SMILES string of the molecule is C1CPPPP1. The van der Waals surface area contributed by atoms with E-state index < -0.39 is 0 Å². The maximum Gasteiger partial charge on any atom is -0.0273 e. The lowest BCUT2D eigenvalue weighted by Crippen LogP contribution is -1.72. The molecule has 0 aromatic rings. The van der Waals surface area contributed by atoms with E-state index in [-0.39, 0.29) is 0 Å². The highest BCUT2D eigenvalue weighted by Crippen LogP contribution is 2.66. The average Bonchev–Trinajstić information content (AvgIpc) is 1.72. The molecule has 0 aromatic heterocycles. The molecule has 0 N–H and O–H groups in total. The van der Waals surface area contributed by atoms with Gasteiger partial charge in [0, 0.05) is 0 Å². The molecule has 1 aliphatic rings. The number of hydrogen-bond donors (Lipinski definition) is 0. The van der Waals surface area contributed by atoms with Crippen molar-refractivity contribution in [2.24, 2.45) is 0 Å². The van der Waals surface area contributed by atoms with Crippen LogP contribution in [0.3, 0.4) is 0 Å². The zero-order valence-corrected chi connectivity index (χ0v) is 7.41. The molecule has 36 valence electrons. The summed E-state index contributed by atoms with van der Waals surface area (Å²) in [6.45, 7) is 0. The highest BCUT2D eigenvalue weighted by molar-refractivity contribution is 8.60. The van der Waals surface area contributed by atoms with E-state index in [1.807, 2.05) is 0 Å². The smallest absolute Gasteiger partial charge is 0.0273 e. The van der Waals surface area contributed by atoms with Gasteiger partial charge in [-0.25, -0.2) is 0 Å². The van der Waals surface area contributed by atoms with Crippen LogP contribution in [0.2, 0.25) is 0 Å². The summed E-state index contributed by atoms with van der Waals surface area (Å²) in [5, 5.41) is 0. The molecule has 0 aliphatic carbocycles. The topological polar surface area (TPSA) is 0 Å². The summed E-state index contributed by atoms with van der Waals surface area (Å²) >= 11 is 0. The van der Waals surface area contributed by atoms with Gasteiger partial charge in [-0.15, -0.1) is 0 Å². The molecular formula is C2H8P4. The second-order valence-electron chi connectivity index (χ2n) is 1.10. The van der Waals surface area contributed by atoms with Crippen molar-refractivity contribution < 1.29 is 0 Å². The number of hydrogen-bond acceptors (Lipinski definition) is 0. The van der Waals surface area contributed by atoms with Crippen LogP contribution in [0.1, 0.15) is 0 Å². The van der Waals surface area contributed by atoms with E-state index in [1.165, 1.54) is 32.5 Å². The molecule has 1 aliphatic heterocycles. The molecule has 0 bridgehead atoms. The van der Waals surface area contributed by atoms with Gasteiger partial charge in [0.25, 0.3) is 0 Å². The molecule has 1 rings (SSSR count). The highest BCUT2D eigenvalue weighted by atomic mass is 32.6. The second-order valence-corrected chi connectivity index (χ2v) is 11.4. The summed E-state index contributed by atoms with van der Waals surface area (Å²) in [5.74, 6) is 0. The van der Waals surface area contributed by atoms with Crippen LogP contribution in [-0.2, 0) is 0 Å². The minimum absolute atomic E-state index is 1.35. The maximum absolute atomic E-state index is 1.56. The van der Waals surface area contributed by atoms with Crippen molar-refractivity contribution >= 4 is 32.5 Å². The minimum atomic E-state index is 1.35. The molecule has 0 amide bonds. The maximum atomic E-state index is 1.56. The molecular weight excluding hydrogens is 148 g/mol. The first-order chi connectivity index (χ1) is 3.00. The van der Waals surface area contributed by atoms with E-state index in [2.05, 4.69) is 0 Å². The third-order valence-corrected chi connectivity index (χ3v) is 13.2. The highest BCUT2D eigenvalue weighted by Gasteiger charge is 1.94. The van der Waals surface area contributed by atoms with Gasteiger partial charge in [-0.3, -0.25) is 0 Å². The van der Waals surface area contributed by atoms with Crippen molar-refractivity contribution in [3.8, 4) is 0 Å². The van der Waals surface area contributed by atoms with Crippen molar-refractivity contribution in [2.45, 2.75) is 0 Å². The fraction of sp³-hybridized carbons (Fsp3) is 1.00. The standard InChI is InChI=1S/C2H8P4/c1-2-4-6-5-3-1/h3-6H,1-2H2. The first kappa shape index (κ1) is 5.85. The first-order valence-corrected chi connectivity index (χ1v) is 9.37. The van der Waals surface area contributed by atoms with Crippen LogP contribution in [0.25, 0.3) is 0 Å². The Morgan fingerprint density at radius 2 is 1.33 bits per heavy atom. The minimum Gasteiger partial charge on any atom is -0.0943 e. The largest absolute Gasteiger partial charge is 0.0943 e. The van der Waals surface area contributed by atoms with E-state index in [0.717, 1.165) is 0 Å². The Balaban J connectivity index is 2.00. The molecule has 1 heterocycles. The van der Waals surface area contributed by atoms with Crippen LogP contribution in [-0.4, -0.2) is 12.3 Å². The molecule has 0 spiro atoms. The van der Waals surface area contributed by atoms with E-state index in [1.54, 1.807) is 12.3 Å². The van der Waals surface area contributed by atoms with Gasteiger partial charge >= 0.3 is 0 Å². The van der Waals surface area contributed by atoms with Gasteiger partial charge in [0.15, 0.2) is 0 Å².